The van der Waals surface area contributed by atoms with Crippen LogP contribution in [-0.2, 0) is 11.3 Å². The van der Waals surface area contributed by atoms with Gasteiger partial charge in [0.2, 0.25) is 0 Å². The summed E-state index contributed by atoms with van der Waals surface area (Å²) in [6.07, 6.45) is 6.09. The number of aryl methyl sites for hydroxylation is 1. The second kappa shape index (κ2) is 6.83. The van der Waals surface area contributed by atoms with Gasteiger partial charge in [-0.25, -0.2) is 9.97 Å². The molecular weight excluding hydrogens is 320 g/mol. The number of rotatable bonds is 4. The van der Waals surface area contributed by atoms with Gasteiger partial charge in [-0.3, -0.25) is 4.98 Å². The van der Waals surface area contributed by atoms with Crippen LogP contribution >= 0.6 is 11.3 Å². The summed E-state index contributed by atoms with van der Waals surface area (Å²) in [5.74, 6) is 1.89. The molecule has 0 radical (unpaired) electrons. The molecule has 0 N–H and O–H groups in total. The van der Waals surface area contributed by atoms with Gasteiger partial charge in [-0.1, -0.05) is 6.07 Å². The van der Waals surface area contributed by atoms with Crippen molar-refractivity contribution < 1.29 is 4.74 Å². The van der Waals surface area contributed by atoms with Gasteiger partial charge < -0.3 is 9.64 Å². The van der Waals surface area contributed by atoms with E-state index >= 15 is 0 Å². The highest BCUT2D eigenvalue weighted by Crippen LogP contribution is 2.31. The molecule has 124 valence electrons. The van der Waals surface area contributed by atoms with Crippen molar-refractivity contribution in [1.29, 1.82) is 0 Å². The molecule has 1 aliphatic rings. The summed E-state index contributed by atoms with van der Waals surface area (Å²) in [4.78, 5) is 15.7. The maximum absolute atomic E-state index is 6.12. The lowest BCUT2D eigenvalue weighted by molar-refractivity contribution is 0.0313. The Bertz CT molecular complexity index is 820. The van der Waals surface area contributed by atoms with Crippen LogP contribution in [0.3, 0.4) is 0 Å². The minimum atomic E-state index is 0.226. The van der Waals surface area contributed by atoms with E-state index in [1.807, 2.05) is 19.2 Å². The Labute approximate surface area is 145 Å². The molecule has 1 atom stereocenters. The lowest BCUT2D eigenvalue weighted by Gasteiger charge is -2.33. The van der Waals surface area contributed by atoms with E-state index in [4.69, 9.17) is 9.72 Å². The quantitative estimate of drug-likeness (QED) is 0.726. The van der Waals surface area contributed by atoms with Crippen LogP contribution in [0.4, 0.5) is 5.82 Å². The highest BCUT2D eigenvalue weighted by atomic mass is 32.1. The van der Waals surface area contributed by atoms with Crippen LogP contribution in [0.15, 0.2) is 36.0 Å². The van der Waals surface area contributed by atoms with E-state index < -0.39 is 0 Å². The van der Waals surface area contributed by atoms with Crippen molar-refractivity contribution in [1.82, 2.24) is 15.0 Å². The Morgan fingerprint density at radius 1 is 1.33 bits per heavy atom. The molecule has 1 aliphatic heterocycles. The van der Waals surface area contributed by atoms with Crippen LogP contribution in [0.1, 0.15) is 24.2 Å². The van der Waals surface area contributed by atoms with Crippen LogP contribution in [0.5, 0.6) is 0 Å². The van der Waals surface area contributed by atoms with Crippen molar-refractivity contribution in [2.24, 2.45) is 0 Å². The first-order valence-corrected chi connectivity index (χ1v) is 9.15. The van der Waals surface area contributed by atoms with Crippen molar-refractivity contribution in [2.45, 2.75) is 32.5 Å². The van der Waals surface area contributed by atoms with Gasteiger partial charge in [-0.2, -0.15) is 0 Å². The van der Waals surface area contributed by atoms with Crippen LogP contribution in [0.25, 0.3) is 10.2 Å². The summed E-state index contributed by atoms with van der Waals surface area (Å²) in [7, 11) is 0. The van der Waals surface area contributed by atoms with E-state index in [2.05, 4.69) is 32.4 Å². The molecule has 0 spiro atoms. The van der Waals surface area contributed by atoms with Crippen molar-refractivity contribution in [3.63, 3.8) is 0 Å². The zero-order valence-corrected chi connectivity index (χ0v) is 14.5. The molecule has 1 fully saturated rings. The molecule has 0 aliphatic carbocycles. The fourth-order valence-electron chi connectivity index (χ4n) is 3.14. The smallest absolute Gasteiger partial charge is 0.150 e. The lowest BCUT2D eigenvalue weighted by atomic mass is 10.1. The average molecular weight is 340 g/mol. The summed E-state index contributed by atoms with van der Waals surface area (Å²) < 4.78 is 7.30. The average Bonchev–Trinajstić information content (AvgIpc) is 3.08. The van der Waals surface area contributed by atoms with Crippen LogP contribution in [0, 0.1) is 6.92 Å². The van der Waals surface area contributed by atoms with Crippen molar-refractivity contribution >= 4 is 27.4 Å². The standard InChI is InChI=1S/C18H20N4OS/c1-13-20-16-6-9-24-17(16)18(21-13)22-8-3-5-15(11-22)23-12-14-4-2-7-19-10-14/h2,4,6-7,9-10,15H,3,5,8,11-12H2,1H3/t15-/m1/s1. The number of anilines is 1. The lowest BCUT2D eigenvalue weighted by Crippen LogP contribution is -2.40. The van der Waals surface area contributed by atoms with E-state index in [0.717, 1.165) is 48.7 Å². The van der Waals surface area contributed by atoms with Gasteiger partial charge in [-0.15, -0.1) is 11.3 Å². The number of hydrogen-bond acceptors (Lipinski definition) is 6. The molecule has 3 aromatic rings. The Balaban J connectivity index is 1.49. The fourth-order valence-corrected chi connectivity index (χ4v) is 3.99. The largest absolute Gasteiger partial charge is 0.372 e. The molecule has 4 heterocycles. The van der Waals surface area contributed by atoms with Gasteiger partial charge >= 0.3 is 0 Å². The predicted octanol–water partition coefficient (Wildman–Crippen LogP) is 3.58. The van der Waals surface area contributed by atoms with Crippen molar-refractivity contribution in [2.75, 3.05) is 18.0 Å². The minimum Gasteiger partial charge on any atom is -0.372 e. The zero-order valence-electron chi connectivity index (χ0n) is 13.7. The monoisotopic (exact) mass is 340 g/mol. The number of pyridine rings is 1. The molecule has 4 rings (SSSR count). The molecule has 0 amide bonds. The third-order valence-corrected chi connectivity index (χ3v) is 5.18. The van der Waals surface area contributed by atoms with E-state index in [1.165, 1.54) is 4.70 Å². The highest BCUT2D eigenvalue weighted by molar-refractivity contribution is 7.17. The van der Waals surface area contributed by atoms with E-state index in [-0.39, 0.29) is 6.10 Å². The van der Waals surface area contributed by atoms with Gasteiger partial charge in [0.25, 0.3) is 0 Å². The van der Waals surface area contributed by atoms with Gasteiger partial charge in [0.15, 0.2) is 0 Å². The first kappa shape index (κ1) is 15.5. The first-order valence-electron chi connectivity index (χ1n) is 8.27. The zero-order chi connectivity index (χ0) is 16.4. The van der Waals surface area contributed by atoms with Crippen LogP contribution in [0.2, 0.25) is 0 Å². The Morgan fingerprint density at radius 3 is 3.17 bits per heavy atom. The van der Waals surface area contributed by atoms with Gasteiger partial charge in [0.1, 0.15) is 11.6 Å². The molecule has 24 heavy (non-hydrogen) atoms. The van der Waals surface area contributed by atoms with E-state index in [1.54, 1.807) is 17.5 Å². The maximum atomic E-state index is 6.12. The van der Waals surface area contributed by atoms with Gasteiger partial charge in [0, 0.05) is 25.5 Å². The predicted molar refractivity (Wildman–Crippen MR) is 96.4 cm³/mol. The fraction of sp³-hybridized carbons (Fsp3) is 0.389. The molecule has 6 heteroatoms. The summed E-state index contributed by atoms with van der Waals surface area (Å²) in [5, 5.41) is 2.09. The second-order valence-corrected chi connectivity index (χ2v) is 7.03. The third kappa shape index (κ3) is 3.25. The molecular formula is C18H20N4OS. The topological polar surface area (TPSA) is 51.1 Å². The minimum absolute atomic E-state index is 0.226. The number of thiophene rings is 1. The highest BCUT2D eigenvalue weighted by Gasteiger charge is 2.23. The van der Waals surface area contributed by atoms with E-state index in [0.29, 0.717) is 6.61 Å². The first-order chi connectivity index (χ1) is 11.8. The van der Waals surface area contributed by atoms with Crippen LogP contribution < -0.4 is 4.90 Å². The SMILES string of the molecule is Cc1nc(N2CCC[C@@H](OCc3cccnc3)C2)c2sccc2n1. The Kier molecular flexibility index (Phi) is 4.40. The van der Waals surface area contributed by atoms with Gasteiger partial charge in [0.05, 0.1) is 22.9 Å². The number of aromatic nitrogens is 3. The molecule has 0 bridgehead atoms. The molecule has 0 unspecified atom stereocenters. The summed E-state index contributed by atoms with van der Waals surface area (Å²) >= 11 is 1.71. The molecule has 5 nitrogen and oxygen atoms in total. The van der Waals surface area contributed by atoms with Gasteiger partial charge in [-0.05, 0) is 42.8 Å². The van der Waals surface area contributed by atoms with Crippen molar-refractivity contribution in [3.8, 4) is 0 Å². The Hall–Kier alpha value is -2.05. The van der Waals surface area contributed by atoms with E-state index in [9.17, 15) is 0 Å². The van der Waals surface area contributed by atoms with Crippen molar-refractivity contribution in [3.05, 3.63) is 47.4 Å². The van der Waals surface area contributed by atoms with Crippen LogP contribution in [-0.4, -0.2) is 34.1 Å². The number of ether oxygens (including phenoxy) is 1. The summed E-state index contributed by atoms with van der Waals surface area (Å²) in [6.45, 7) is 4.48. The molecule has 3 aromatic heterocycles. The molecule has 1 saturated heterocycles. The number of piperidine rings is 1. The second-order valence-electron chi connectivity index (χ2n) is 6.11. The Morgan fingerprint density at radius 2 is 2.29 bits per heavy atom. The molecule has 0 aromatic carbocycles. The number of hydrogen-bond donors (Lipinski definition) is 0. The maximum Gasteiger partial charge on any atom is 0.150 e. The summed E-state index contributed by atoms with van der Waals surface area (Å²) in [5.41, 5.74) is 2.16. The third-order valence-electron chi connectivity index (χ3n) is 4.28. The summed E-state index contributed by atoms with van der Waals surface area (Å²) in [6, 6.07) is 6.07. The number of nitrogens with zero attached hydrogens (tertiary/aromatic N) is 4. The normalized spacial score (nSPS) is 18.2. The number of fused-ring (bicyclic) bond motifs is 1. The molecule has 0 saturated carbocycles.